The van der Waals surface area contributed by atoms with E-state index in [9.17, 15) is 17.8 Å². The Kier molecular flexibility index (Phi) is 4.73. The Labute approximate surface area is 91.0 Å². The first kappa shape index (κ1) is 14.4. The Balaban J connectivity index is 4.45. The Hall–Kier alpha value is -0.620. The van der Waals surface area contributed by atoms with Crippen molar-refractivity contribution in [3.8, 4) is 0 Å². The van der Waals surface area contributed by atoms with Crippen LogP contribution in [-0.4, -0.2) is 30.2 Å². The molecular formula is C9H18NO4S-. The molecule has 0 aromatic heterocycles. The number of carbonyl (C=O) groups is 1. The van der Waals surface area contributed by atoms with Gasteiger partial charge in [-0.2, -0.15) is 0 Å². The van der Waals surface area contributed by atoms with Crippen molar-refractivity contribution in [2.75, 3.05) is 5.75 Å². The van der Waals surface area contributed by atoms with Gasteiger partial charge in [0, 0.05) is 11.5 Å². The van der Waals surface area contributed by atoms with Gasteiger partial charge in [0.1, 0.15) is 0 Å². The van der Waals surface area contributed by atoms with Gasteiger partial charge in [-0.3, -0.25) is 4.79 Å². The van der Waals surface area contributed by atoms with Crippen molar-refractivity contribution in [1.29, 1.82) is 0 Å². The predicted octanol–water partition coefficient (Wildman–Crippen LogP) is 0.473. The van der Waals surface area contributed by atoms with E-state index in [1.807, 2.05) is 6.92 Å². The van der Waals surface area contributed by atoms with Crippen LogP contribution in [0.2, 0.25) is 0 Å². The molecule has 0 aliphatic carbocycles. The molecule has 1 amide bonds. The summed E-state index contributed by atoms with van der Waals surface area (Å²) in [4.78, 5) is 11.5. The lowest BCUT2D eigenvalue weighted by Crippen LogP contribution is -2.49. The highest BCUT2D eigenvalue weighted by Gasteiger charge is 2.25. The summed E-state index contributed by atoms with van der Waals surface area (Å²) < 4.78 is 31.7. The lowest BCUT2D eigenvalue weighted by atomic mass is 10.0. The molecular weight excluding hydrogens is 218 g/mol. The zero-order valence-electron chi connectivity index (χ0n) is 9.53. The van der Waals surface area contributed by atoms with Crippen LogP contribution >= 0.6 is 0 Å². The van der Waals surface area contributed by atoms with Gasteiger partial charge in [0.05, 0.1) is 15.9 Å². The molecule has 0 aliphatic heterocycles. The molecule has 1 atom stereocenters. The van der Waals surface area contributed by atoms with E-state index >= 15 is 0 Å². The van der Waals surface area contributed by atoms with Gasteiger partial charge in [-0.25, -0.2) is 8.42 Å². The summed E-state index contributed by atoms with van der Waals surface area (Å²) in [6.45, 7) is 6.64. The normalized spacial score (nSPS) is 14.7. The molecule has 1 unspecified atom stereocenters. The fraction of sp³-hybridized carbons (Fsp3) is 0.889. The summed E-state index contributed by atoms with van der Waals surface area (Å²) in [7, 11) is -4.32. The Morgan fingerprint density at radius 2 is 1.93 bits per heavy atom. The second kappa shape index (κ2) is 4.94. The summed E-state index contributed by atoms with van der Waals surface area (Å²) in [5, 5.41) is 2.55. The van der Waals surface area contributed by atoms with Crippen molar-refractivity contribution >= 4 is 16.0 Å². The monoisotopic (exact) mass is 236 g/mol. The van der Waals surface area contributed by atoms with Crippen LogP contribution in [0.1, 0.15) is 34.1 Å². The number of hydrogen-bond acceptors (Lipinski definition) is 4. The molecule has 5 nitrogen and oxygen atoms in total. The molecule has 0 spiro atoms. The van der Waals surface area contributed by atoms with Gasteiger partial charge in [0.25, 0.3) is 0 Å². The Morgan fingerprint density at radius 3 is 2.27 bits per heavy atom. The van der Waals surface area contributed by atoms with Crippen molar-refractivity contribution in [3.05, 3.63) is 0 Å². The molecule has 0 saturated heterocycles. The first-order chi connectivity index (χ1) is 6.57. The van der Waals surface area contributed by atoms with E-state index < -0.39 is 21.4 Å². The summed E-state index contributed by atoms with van der Waals surface area (Å²) in [6.07, 6.45) is 0.673. The minimum atomic E-state index is -4.32. The maximum Gasteiger partial charge on any atom is 0.223 e. The molecule has 0 saturated carbocycles. The first-order valence-electron chi connectivity index (χ1n) is 4.83. The maximum atomic E-state index is 11.5. The molecule has 15 heavy (non-hydrogen) atoms. The van der Waals surface area contributed by atoms with E-state index in [-0.39, 0.29) is 11.8 Å². The molecule has 0 radical (unpaired) electrons. The third kappa shape index (κ3) is 6.46. The zero-order chi connectivity index (χ0) is 12.3. The van der Waals surface area contributed by atoms with Crippen molar-refractivity contribution in [2.24, 2.45) is 5.92 Å². The zero-order valence-corrected chi connectivity index (χ0v) is 10.3. The molecule has 0 rings (SSSR count). The second-order valence-corrected chi connectivity index (χ2v) is 5.79. The summed E-state index contributed by atoms with van der Waals surface area (Å²) >= 11 is 0. The van der Waals surface area contributed by atoms with E-state index in [2.05, 4.69) is 5.32 Å². The van der Waals surface area contributed by atoms with Crippen LogP contribution in [-0.2, 0) is 14.9 Å². The average Bonchev–Trinajstić information content (AvgIpc) is 1.96. The quantitative estimate of drug-likeness (QED) is 0.703. The lowest BCUT2D eigenvalue weighted by molar-refractivity contribution is -0.125. The number of hydrogen-bond donors (Lipinski definition) is 1. The highest BCUT2D eigenvalue weighted by atomic mass is 32.2. The van der Waals surface area contributed by atoms with Crippen LogP contribution in [0, 0.1) is 5.92 Å². The topological polar surface area (TPSA) is 86.3 Å². The van der Waals surface area contributed by atoms with Gasteiger partial charge >= 0.3 is 0 Å². The van der Waals surface area contributed by atoms with Gasteiger partial charge in [0.15, 0.2) is 0 Å². The number of nitrogens with one attached hydrogen (secondary N) is 1. The van der Waals surface area contributed by atoms with E-state index in [0.29, 0.717) is 6.42 Å². The number of rotatable bonds is 5. The summed E-state index contributed by atoms with van der Waals surface area (Å²) in [5.41, 5.74) is -1.01. The molecule has 0 bridgehead atoms. The van der Waals surface area contributed by atoms with Crippen LogP contribution in [0.5, 0.6) is 0 Å². The summed E-state index contributed by atoms with van der Waals surface area (Å²) in [6, 6.07) is 0. The van der Waals surface area contributed by atoms with Crippen molar-refractivity contribution < 1.29 is 17.8 Å². The molecule has 0 aromatic rings. The highest BCUT2D eigenvalue weighted by molar-refractivity contribution is 7.85. The number of carbonyl (C=O) groups excluding carboxylic acids is 1. The van der Waals surface area contributed by atoms with Gasteiger partial charge in [0.2, 0.25) is 5.91 Å². The minimum absolute atomic E-state index is 0.182. The fourth-order valence-electron chi connectivity index (χ4n) is 1.12. The molecule has 0 heterocycles. The van der Waals surface area contributed by atoms with E-state index in [4.69, 9.17) is 0 Å². The van der Waals surface area contributed by atoms with Gasteiger partial charge in [-0.05, 0) is 20.3 Å². The molecule has 6 heteroatoms. The van der Waals surface area contributed by atoms with Gasteiger partial charge < -0.3 is 9.87 Å². The van der Waals surface area contributed by atoms with Crippen molar-refractivity contribution in [3.63, 3.8) is 0 Å². The second-order valence-electron chi connectivity index (χ2n) is 4.38. The van der Waals surface area contributed by atoms with Crippen molar-refractivity contribution in [1.82, 2.24) is 5.32 Å². The Bertz CT molecular complexity index is 321. The van der Waals surface area contributed by atoms with Crippen LogP contribution in [0.15, 0.2) is 0 Å². The largest absolute Gasteiger partial charge is 0.748 e. The van der Waals surface area contributed by atoms with Gasteiger partial charge in [-0.1, -0.05) is 13.8 Å². The minimum Gasteiger partial charge on any atom is -0.748 e. The van der Waals surface area contributed by atoms with Gasteiger partial charge in [-0.15, -0.1) is 0 Å². The third-order valence-corrected chi connectivity index (χ3v) is 3.13. The smallest absolute Gasteiger partial charge is 0.223 e. The Morgan fingerprint density at radius 1 is 1.47 bits per heavy atom. The molecule has 1 N–H and O–H groups in total. The molecule has 90 valence electrons. The van der Waals surface area contributed by atoms with Crippen molar-refractivity contribution in [2.45, 2.75) is 39.7 Å². The van der Waals surface area contributed by atoms with E-state index in [1.165, 1.54) is 13.8 Å². The fourth-order valence-corrected chi connectivity index (χ4v) is 2.08. The first-order valence-corrected chi connectivity index (χ1v) is 6.41. The predicted molar refractivity (Wildman–Crippen MR) is 56.2 cm³/mol. The van der Waals surface area contributed by atoms with Crippen LogP contribution in [0.3, 0.4) is 0 Å². The maximum absolute atomic E-state index is 11.5. The van der Waals surface area contributed by atoms with Crippen LogP contribution in [0.4, 0.5) is 0 Å². The number of amides is 1. The molecule has 0 fully saturated rings. The van der Waals surface area contributed by atoms with E-state index in [0.717, 1.165) is 0 Å². The third-order valence-electron chi connectivity index (χ3n) is 2.06. The molecule has 0 aromatic carbocycles. The summed E-state index contributed by atoms with van der Waals surface area (Å²) in [5.74, 6) is -1.01. The lowest BCUT2D eigenvalue weighted by Gasteiger charge is -2.28. The SMILES string of the molecule is CCC(C)C(=O)NC(C)(C)CS(=O)(=O)[O-]. The highest BCUT2D eigenvalue weighted by Crippen LogP contribution is 2.09. The van der Waals surface area contributed by atoms with Crippen LogP contribution < -0.4 is 5.32 Å². The van der Waals surface area contributed by atoms with Crippen LogP contribution in [0.25, 0.3) is 0 Å². The average molecular weight is 236 g/mol. The van der Waals surface area contributed by atoms with E-state index in [1.54, 1.807) is 6.92 Å². The standard InChI is InChI=1S/C9H19NO4S/c1-5-7(2)8(11)10-9(3,4)6-15(12,13)14/h7H,5-6H2,1-4H3,(H,10,11)(H,12,13,14)/p-1. The molecule has 0 aliphatic rings.